The number of hydrogen-bond donors (Lipinski definition) is 2. The van der Waals surface area contributed by atoms with Crippen LogP contribution in [-0.2, 0) is 14.3 Å². The van der Waals surface area contributed by atoms with Crippen molar-refractivity contribution in [3.8, 4) is 0 Å². The summed E-state index contributed by atoms with van der Waals surface area (Å²) >= 11 is 0. The highest BCUT2D eigenvalue weighted by atomic mass is 32.2. The van der Waals surface area contributed by atoms with Crippen molar-refractivity contribution < 1.29 is 17.7 Å². The minimum Gasteiger partial charge on any atom is -0.396 e. The first kappa shape index (κ1) is 48.2. The molecule has 0 saturated heterocycles. The third-order valence-corrected chi connectivity index (χ3v) is 9.91. The van der Waals surface area contributed by atoms with Gasteiger partial charge in [0.15, 0.2) is 0 Å². The topological polar surface area (TPSA) is 75.6 Å². The molecule has 1 aromatic carbocycles. The molecule has 0 radical (unpaired) electrons. The summed E-state index contributed by atoms with van der Waals surface area (Å²) < 4.78 is 29.0. The van der Waals surface area contributed by atoms with Gasteiger partial charge in [-0.1, -0.05) is 193 Å². The van der Waals surface area contributed by atoms with Crippen LogP contribution >= 0.6 is 0 Å². The largest absolute Gasteiger partial charge is 0.396 e. The number of unbranched alkanes of at least 4 members (excludes halogenated alkanes) is 24. The summed E-state index contributed by atoms with van der Waals surface area (Å²) in [5, 5.41) is 11.7. The van der Waals surface area contributed by atoms with Crippen LogP contribution in [0.2, 0.25) is 0 Å². The Morgan fingerprint density at radius 1 is 0.532 bits per heavy atom. The highest BCUT2D eigenvalue weighted by Crippen LogP contribution is 2.15. The standard InChI is InChI=1S/C18H30O3S.C12H27N.C11H24O/c1-3-4-5-6-7-8-9-10-11-16-21-22(19,20)18-14-12-17(2)13-15-18;1-3-4-5-6-7-8-9-10-11-12-13-2;1-2-3-4-5-6-7-8-9-10-11-12/h12-15H,3-11,16H2,1-2H3;13H,3-12H2,1-2H3;12H,2-11H2,1H3. The molecule has 0 heterocycles. The highest BCUT2D eigenvalue weighted by molar-refractivity contribution is 7.86. The molecule has 0 saturated carbocycles. The molecule has 0 aromatic heterocycles. The zero-order valence-corrected chi connectivity index (χ0v) is 32.9. The van der Waals surface area contributed by atoms with E-state index in [1.165, 1.54) is 161 Å². The van der Waals surface area contributed by atoms with E-state index in [1.807, 2.05) is 14.0 Å². The highest BCUT2D eigenvalue weighted by Gasteiger charge is 2.14. The second-order valence-electron chi connectivity index (χ2n) is 13.4. The summed E-state index contributed by atoms with van der Waals surface area (Å²) in [6.45, 7) is 10.5. The van der Waals surface area contributed by atoms with Gasteiger partial charge in [-0.15, -0.1) is 0 Å². The maximum Gasteiger partial charge on any atom is 0.296 e. The third kappa shape index (κ3) is 37.7. The molecule has 0 atom stereocenters. The van der Waals surface area contributed by atoms with Crippen LogP contribution in [0.15, 0.2) is 29.2 Å². The number of aliphatic hydroxyl groups excluding tert-OH is 1. The molecule has 0 spiro atoms. The van der Waals surface area contributed by atoms with Crippen molar-refractivity contribution in [3.05, 3.63) is 29.8 Å². The van der Waals surface area contributed by atoms with Crippen molar-refractivity contribution in [2.45, 2.75) is 206 Å². The number of aliphatic hydroxyl groups is 1. The maximum atomic E-state index is 12.0. The zero-order chi connectivity index (χ0) is 35.1. The van der Waals surface area contributed by atoms with Crippen molar-refractivity contribution >= 4 is 10.1 Å². The average molecular weight is 684 g/mol. The monoisotopic (exact) mass is 684 g/mol. The van der Waals surface area contributed by atoms with Gasteiger partial charge in [0, 0.05) is 6.61 Å². The number of benzene rings is 1. The second-order valence-corrected chi connectivity index (χ2v) is 15.0. The zero-order valence-electron chi connectivity index (χ0n) is 32.1. The Morgan fingerprint density at radius 2 is 0.872 bits per heavy atom. The van der Waals surface area contributed by atoms with Crippen molar-refractivity contribution in [3.63, 3.8) is 0 Å². The molecular formula is C41H81NO4S. The van der Waals surface area contributed by atoms with Crippen LogP contribution in [0.1, 0.15) is 200 Å². The number of hydrogen-bond acceptors (Lipinski definition) is 5. The van der Waals surface area contributed by atoms with Crippen molar-refractivity contribution in [1.82, 2.24) is 5.32 Å². The van der Waals surface area contributed by atoms with E-state index in [4.69, 9.17) is 9.29 Å². The molecule has 5 nitrogen and oxygen atoms in total. The quantitative estimate of drug-likeness (QED) is 0.0602. The fourth-order valence-corrected chi connectivity index (χ4v) is 6.33. The second kappa shape index (κ2) is 39.5. The normalized spacial score (nSPS) is 11.1. The number of rotatable bonds is 31. The first-order chi connectivity index (χ1) is 22.9. The molecule has 0 bridgehead atoms. The lowest BCUT2D eigenvalue weighted by Crippen LogP contribution is -2.07. The van der Waals surface area contributed by atoms with Gasteiger partial charge < -0.3 is 10.4 Å². The Hall–Kier alpha value is -0.950. The molecule has 280 valence electrons. The lowest BCUT2D eigenvalue weighted by Gasteiger charge is -2.06. The fraction of sp³-hybridized carbons (Fsp3) is 0.854. The van der Waals surface area contributed by atoms with Gasteiger partial charge in [0.05, 0.1) is 11.5 Å². The van der Waals surface area contributed by atoms with E-state index < -0.39 is 10.1 Å². The molecule has 0 aliphatic carbocycles. The van der Waals surface area contributed by atoms with Crippen LogP contribution in [0.5, 0.6) is 0 Å². The molecule has 1 rings (SSSR count). The van der Waals surface area contributed by atoms with Gasteiger partial charge in [0.2, 0.25) is 0 Å². The summed E-state index contributed by atoms with van der Waals surface area (Å²) in [4.78, 5) is 0.244. The Labute approximate surface area is 295 Å². The first-order valence-corrected chi connectivity index (χ1v) is 21.5. The van der Waals surface area contributed by atoms with E-state index in [0.717, 1.165) is 24.8 Å². The van der Waals surface area contributed by atoms with Crippen molar-refractivity contribution in [1.29, 1.82) is 0 Å². The summed E-state index contributed by atoms with van der Waals surface area (Å²) in [7, 11) is -1.55. The molecule has 0 aliphatic rings. The fourth-order valence-electron chi connectivity index (χ4n) is 5.39. The van der Waals surface area contributed by atoms with Crippen LogP contribution in [0.3, 0.4) is 0 Å². The Balaban J connectivity index is 0. The minimum atomic E-state index is -3.58. The van der Waals surface area contributed by atoms with Crippen LogP contribution in [0.4, 0.5) is 0 Å². The van der Waals surface area contributed by atoms with Crippen molar-refractivity contribution in [2.75, 3.05) is 26.8 Å². The van der Waals surface area contributed by atoms with Gasteiger partial charge in [-0.05, 0) is 51.9 Å². The average Bonchev–Trinajstić information content (AvgIpc) is 3.07. The summed E-state index contributed by atoms with van der Waals surface area (Å²) in [5.41, 5.74) is 1.04. The summed E-state index contributed by atoms with van der Waals surface area (Å²) in [6, 6.07) is 6.77. The molecule has 1 aromatic rings. The third-order valence-electron chi connectivity index (χ3n) is 8.59. The van der Waals surface area contributed by atoms with Gasteiger partial charge in [-0.3, -0.25) is 4.18 Å². The van der Waals surface area contributed by atoms with Gasteiger partial charge in [-0.2, -0.15) is 8.42 Å². The molecule has 0 unspecified atom stereocenters. The Morgan fingerprint density at radius 3 is 1.23 bits per heavy atom. The predicted molar refractivity (Wildman–Crippen MR) is 207 cm³/mol. The van der Waals surface area contributed by atoms with E-state index in [-0.39, 0.29) is 11.5 Å². The molecule has 47 heavy (non-hydrogen) atoms. The lowest BCUT2D eigenvalue weighted by atomic mass is 10.1. The van der Waals surface area contributed by atoms with E-state index in [0.29, 0.717) is 6.61 Å². The number of nitrogens with one attached hydrogen (secondary N) is 1. The van der Waals surface area contributed by atoms with Gasteiger partial charge in [-0.25, -0.2) is 0 Å². The predicted octanol–water partition coefficient (Wildman–Crippen LogP) is 12.5. The molecule has 6 heteroatoms. The van der Waals surface area contributed by atoms with Crippen LogP contribution < -0.4 is 5.32 Å². The van der Waals surface area contributed by atoms with E-state index in [2.05, 4.69) is 26.1 Å². The van der Waals surface area contributed by atoms with E-state index in [9.17, 15) is 8.42 Å². The van der Waals surface area contributed by atoms with E-state index in [1.54, 1.807) is 24.3 Å². The SMILES string of the molecule is CCCCCCCCCCCNC.CCCCCCCCCCCO.CCCCCCCCCCCOS(=O)(=O)c1ccc(C)cc1. The Bertz CT molecular complexity index is 793. The van der Waals surface area contributed by atoms with Gasteiger partial charge >= 0.3 is 0 Å². The lowest BCUT2D eigenvalue weighted by molar-refractivity contribution is 0.282. The molecule has 0 aliphatic heterocycles. The molecular weight excluding hydrogens is 603 g/mol. The number of aryl methyl sites for hydroxylation is 1. The summed E-state index contributed by atoms with van der Waals surface area (Å²) in [6.07, 6.45) is 35.5. The van der Waals surface area contributed by atoms with Gasteiger partial charge in [0.1, 0.15) is 0 Å². The molecule has 0 amide bonds. The van der Waals surface area contributed by atoms with Crippen molar-refractivity contribution in [2.24, 2.45) is 0 Å². The first-order valence-electron chi connectivity index (χ1n) is 20.1. The van der Waals surface area contributed by atoms with Gasteiger partial charge in [0.25, 0.3) is 10.1 Å². The Kier molecular flexibility index (Phi) is 40.5. The molecule has 2 N–H and O–H groups in total. The summed E-state index contributed by atoms with van der Waals surface area (Å²) in [5.74, 6) is 0. The minimum absolute atomic E-state index is 0.244. The van der Waals surface area contributed by atoms with E-state index >= 15 is 0 Å². The molecule has 0 fully saturated rings. The smallest absolute Gasteiger partial charge is 0.296 e. The van der Waals surface area contributed by atoms with Crippen LogP contribution in [0, 0.1) is 6.92 Å². The van der Waals surface area contributed by atoms with Crippen LogP contribution in [0.25, 0.3) is 0 Å². The maximum absolute atomic E-state index is 12.0. The van der Waals surface area contributed by atoms with Crippen LogP contribution in [-0.4, -0.2) is 40.3 Å².